The molecule has 23 heavy (non-hydrogen) atoms. The Bertz CT molecular complexity index is 758. The lowest BCUT2D eigenvalue weighted by atomic mass is 9.99. The van der Waals surface area contributed by atoms with Gasteiger partial charge in [-0.25, -0.2) is 0 Å². The number of nitrogens with zero attached hydrogens (tertiary/aromatic N) is 3. The number of rotatable bonds is 5. The van der Waals surface area contributed by atoms with Gasteiger partial charge in [0.1, 0.15) is 0 Å². The maximum atomic E-state index is 5.44. The molecule has 1 aliphatic rings. The molecule has 3 aromatic rings. The van der Waals surface area contributed by atoms with Gasteiger partial charge in [-0.05, 0) is 29.0 Å². The van der Waals surface area contributed by atoms with Crippen LogP contribution in [0.5, 0.6) is 0 Å². The molecule has 0 unspecified atom stereocenters. The Balaban J connectivity index is 1.34. The molecular weight excluding hydrogens is 306 g/mol. The Hall–Kier alpha value is -1.98. The quantitative estimate of drug-likeness (QED) is 0.712. The number of benzene rings is 1. The Morgan fingerprint density at radius 1 is 1.17 bits per heavy atom. The van der Waals surface area contributed by atoms with E-state index in [2.05, 4.69) is 46.2 Å². The first kappa shape index (κ1) is 14.6. The highest BCUT2D eigenvalue weighted by atomic mass is 32.1. The summed E-state index contributed by atoms with van der Waals surface area (Å²) in [6, 6.07) is 12.9. The zero-order valence-electron chi connectivity index (χ0n) is 13.1. The molecule has 1 aliphatic heterocycles. The monoisotopic (exact) mass is 325 g/mol. The molecule has 0 saturated carbocycles. The molecule has 0 bridgehead atoms. The smallest absolute Gasteiger partial charge is 0.232 e. The van der Waals surface area contributed by atoms with Crippen LogP contribution in [0.25, 0.3) is 10.7 Å². The standard InChI is InChI=1S/C18H19N3OS/c1-2-13-5-7-14(8-6-13)10-21-11-15(12-21)18-19-17(20-22-18)16-4-3-9-23-16/h3-9,15H,2,10-12H2,1H3. The zero-order chi connectivity index (χ0) is 15.6. The Kier molecular flexibility index (Phi) is 3.97. The van der Waals surface area contributed by atoms with Gasteiger partial charge in [-0.1, -0.05) is 42.4 Å². The molecule has 5 heteroatoms. The van der Waals surface area contributed by atoms with Crippen molar-refractivity contribution >= 4 is 11.3 Å². The second-order valence-electron chi connectivity index (χ2n) is 5.99. The predicted molar refractivity (Wildman–Crippen MR) is 91.4 cm³/mol. The molecule has 0 N–H and O–H groups in total. The van der Waals surface area contributed by atoms with Crippen LogP contribution in [0.15, 0.2) is 46.3 Å². The van der Waals surface area contributed by atoms with E-state index in [4.69, 9.17) is 4.52 Å². The Labute approximate surface area is 139 Å². The van der Waals surface area contributed by atoms with Gasteiger partial charge < -0.3 is 4.52 Å². The van der Waals surface area contributed by atoms with E-state index in [0.29, 0.717) is 11.7 Å². The van der Waals surface area contributed by atoms with Crippen LogP contribution in [0, 0.1) is 0 Å². The van der Waals surface area contributed by atoms with Gasteiger partial charge in [-0.2, -0.15) is 4.98 Å². The molecule has 118 valence electrons. The third-order valence-electron chi connectivity index (χ3n) is 4.33. The van der Waals surface area contributed by atoms with Crippen molar-refractivity contribution in [2.24, 2.45) is 0 Å². The molecule has 0 radical (unpaired) electrons. The highest BCUT2D eigenvalue weighted by Crippen LogP contribution is 2.29. The van der Waals surface area contributed by atoms with Gasteiger partial charge in [0.15, 0.2) is 0 Å². The van der Waals surface area contributed by atoms with Crippen molar-refractivity contribution in [2.45, 2.75) is 25.8 Å². The molecule has 4 rings (SSSR count). The minimum absolute atomic E-state index is 0.367. The molecule has 2 aromatic heterocycles. The van der Waals surface area contributed by atoms with Crippen molar-refractivity contribution in [3.05, 3.63) is 58.8 Å². The molecule has 1 fully saturated rings. The van der Waals surface area contributed by atoms with Crippen LogP contribution in [0.3, 0.4) is 0 Å². The first-order valence-electron chi connectivity index (χ1n) is 7.99. The SMILES string of the molecule is CCc1ccc(CN2CC(c3nc(-c4cccs4)no3)C2)cc1. The highest BCUT2D eigenvalue weighted by molar-refractivity contribution is 7.13. The van der Waals surface area contributed by atoms with E-state index in [9.17, 15) is 0 Å². The van der Waals surface area contributed by atoms with Crippen LogP contribution in [-0.4, -0.2) is 28.1 Å². The summed E-state index contributed by atoms with van der Waals surface area (Å²) in [4.78, 5) is 8.02. The molecule has 0 aliphatic carbocycles. The number of aryl methyl sites for hydroxylation is 1. The Morgan fingerprint density at radius 3 is 2.65 bits per heavy atom. The third-order valence-corrected chi connectivity index (χ3v) is 5.19. The maximum Gasteiger partial charge on any atom is 0.232 e. The molecule has 0 atom stereocenters. The molecule has 3 heterocycles. The van der Waals surface area contributed by atoms with Crippen LogP contribution in [0.1, 0.15) is 29.9 Å². The van der Waals surface area contributed by atoms with Gasteiger partial charge in [0.05, 0.1) is 10.8 Å². The van der Waals surface area contributed by atoms with E-state index < -0.39 is 0 Å². The van der Waals surface area contributed by atoms with Crippen molar-refractivity contribution in [2.75, 3.05) is 13.1 Å². The first-order chi connectivity index (χ1) is 11.3. The fourth-order valence-electron chi connectivity index (χ4n) is 2.90. The summed E-state index contributed by atoms with van der Waals surface area (Å²) < 4.78 is 5.44. The van der Waals surface area contributed by atoms with Crippen LogP contribution in [-0.2, 0) is 13.0 Å². The number of likely N-dealkylation sites (tertiary alicyclic amines) is 1. The number of hydrogen-bond donors (Lipinski definition) is 0. The van der Waals surface area contributed by atoms with E-state index in [1.807, 2.05) is 17.5 Å². The first-order valence-corrected chi connectivity index (χ1v) is 8.87. The van der Waals surface area contributed by atoms with Crippen LogP contribution >= 0.6 is 11.3 Å². The summed E-state index contributed by atoms with van der Waals surface area (Å²) in [5, 5.41) is 6.12. The van der Waals surface area contributed by atoms with Gasteiger partial charge in [-0.15, -0.1) is 11.3 Å². The second kappa shape index (κ2) is 6.26. The second-order valence-corrected chi connectivity index (χ2v) is 6.94. The van der Waals surface area contributed by atoms with E-state index >= 15 is 0 Å². The topological polar surface area (TPSA) is 42.2 Å². The molecule has 4 nitrogen and oxygen atoms in total. The van der Waals surface area contributed by atoms with Gasteiger partial charge in [0.2, 0.25) is 11.7 Å². The lowest BCUT2D eigenvalue weighted by molar-refractivity contribution is 0.117. The third kappa shape index (κ3) is 3.07. The van der Waals surface area contributed by atoms with Gasteiger partial charge in [0, 0.05) is 19.6 Å². The fraction of sp³-hybridized carbons (Fsp3) is 0.333. The lowest BCUT2D eigenvalue weighted by Crippen LogP contribution is -2.44. The predicted octanol–water partition coefficient (Wildman–Crippen LogP) is 3.96. The summed E-state index contributed by atoms with van der Waals surface area (Å²) in [6.07, 6.45) is 1.09. The summed E-state index contributed by atoms with van der Waals surface area (Å²) in [5.74, 6) is 1.85. The van der Waals surface area contributed by atoms with Crippen molar-refractivity contribution < 1.29 is 4.52 Å². The van der Waals surface area contributed by atoms with Crippen molar-refractivity contribution in [3.8, 4) is 10.7 Å². The molecule has 0 amide bonds. The average molecular weight is 325 g/mol. The molecular formula is C18H19N3OS. The lowest BCUT2D eigenvalue weighted by Gasteiger charge is -2.37. The molecule has 1 aromatic carbocycles. The Morgan fingerprint density at radius 2 is 1.96 bits per heavy atom. The highest BCUT2D eigenvalue weighted by Gasteiger charge is 2.32. The normalized spacial score (nSPS) is 15.7. The minimum atomic E-state index is 0.367. The largest absolute Gasteiger partial charge is 0.339 e. The summed E-state index contributed by atoms with van der Waals surface area (Å²) in [5.41, 5.74) is 2.76. The van der Waals surface area contributed by atoms with E-state index in [1.54, 1.807) is 11.3 Å². The van der Waals surface area contributed by atoms with Gasteiger partial charge in [-0.3, -0.25) is 4.90 Å². The number of thiophene rings is 1. The van der Waals surface area contributed by atoms with Gasteiger partial charge in [0.25, 0.3) is 0 Å². The van der Waals surface area contributed by atoms with Crippen LogP contribution < -0.4 is 0 Å². The minimum Gasteiger partial charge on any atom is -0.339 e. The van der Waals surface area contributed by atoms with E-state index in [-0.39, 0.29) is 0 Å². The van der Waals surface area contributed by atoms with Crippen molar-refractivity contribution in [1.29, 1.82) is 0 Å². The van der Waals surface area contributed by atoms with E-state index in [1.165, 1.54) is 11.1 Å². The van der Waals surface area contributed by atoms with Crippen LogP contribution in [0.2, 0.25) is 0 Å². The number of hydrogen-bond acceptors (Lipinski definition) is 5. The molecule has 0 spiro atoms. The number of aromatic nitrogens is 2. The van der Waals surface area contributed by atoms with Crippen molar-refractivity contribution in [3.63, 3.8) is 0 Å². The maximum absolute atomic E-state index is 5.44. The zero-order valence-corrected chi connectivity index (χ0v) is 13.9. The van der Waals surface area contributed by atoms with Gasteiger partial charge >= 0.3 is 0 Å². The van der Waals surface area contributed by atoms with Crippen molar-refractivity contribution in [1.82, 2.24) is 15.0 Å². The average Bonchev–Trinajstić information content (AvgIpc) is 3.22. The summed E-state index contributed by atoms with van der Waals surface area (Å²) >= 11 is 1.64. The van der Waals surface area contributed by atoms with E-state index in [0.717, 1.165) is 36.8 Å². The summed E-state index contributed by atoms with van der Waals surface area (Å²) in [7, 11) is 0. The van der Waals surface area contributed by atoms with Crippen LogP contribution in [0.4, 0.5) is 0 Å². The molecule has 1 saturated heterocycles. The summed E-state index contributed by atoms with van der Waals surface area (Å²) in [6.45, 7) is 5.15. The fourth-order valence-corrected chi connectivity index (χ4v) is 3.55.